The summed E-state index contributed by atoms with van der Waals surface area (Å²) < 4.78 is 46.6. The number of methoxy groups -OCH3 is 1. The summed E-state index contributed by atoms with van der Waals surface area (Å²) in [6.07, 6.45) is 3.00. The second kappa shape index (κ2) is 15.2. The van der Waals surface area contributed by atoms with E-state index in [-0.39, 0.29) is 71.6 Å². The number of sulfonamides is 1. The standard InChI is InChI=1S/C27H29N5O6S.C2H6O2/c1-27(2,3)18-10-12-19(13-11-18)39(34,35)32-23-22(38-21-9-6-5-8-20(21)36-4)26(37-17-16-33)31-25(30-23)24-28-14-7-15-29-24;3-1-2-4/h5-15,33H,16-17H2,1-4H3,(H,30,31,32);3-4H,1-2H2. The minimum Gasteiger partial charge on any atom is -0.493 e. The quantitative estimate of drug-likeness (QED) is 0.194. The van der Waals surface area contributed by atoms with Crippen molar-refractivity contribution >= 4 is 15.8 Å². The van der Waals surface area contributed by atoms with Gasteiger partial charge in [0.05, 0.1) is 31.8 Å². The molecule has 43 heavy (non-hydrogen) atoms. The zero-order valence-corrected chi connectivity index (χ0v) is 25.1. The Morgan fingerprint density at radius 1 is 0.814 bits per heavy atom. The van der Waals surface area contributed by atoms with Gasteiger partial charge in [-0.05, 0) is 41.3 Å². The second-order valence-electron chi connectivity index (χ2n) is 9.75. The molecule has 0 radical (unpaired) electrons. The Morgan fingerprint density at radius 3 is 2.00 bits per heavy atom. The molecule has 0 saturated carbocycles. The number of anilines is 1. The highest BCUT2D eigenvalue weighted by Crippen LogP contribution is 2.41. The van der Waals surface area contributed by atoms with E-state index in [0.717, 1.165) is 5.56 Å². The number of hydrogen-bond acceptors (Lipinski definition) is 12. The third kappa shape index (κ3) is 9.06. The summed E-state index contributed by atoms with van der Waals surface area (Å²) in [7, 11) is -2.66. The number of aromatic nitrogens is 4. The molecule has 0 aliphatic carbocycles. The van der Waals surface area contributed by atoms with Gasteiger partial charge in [0, 0.05) is 12.4 Å². The van der Waals surface area contributed by atoms with E-state index in [1.54, 1.807) is 42.5 Å². The molecule has 0 amide bonds. The Labute approximate surface area is 250 Å². The summed E-state index contributed by atoms with van der Waals surface area (Å²) >= 11 is 0. The molecule has 2 aromatic carbocycles. The van der Waals surface area contributed by atoms with Crippen LogP contribution in [0.25, 0.3) is 11.6 Å². The highest BCUT2D eigenvalue weighted by atomic mass is 32.2. The molecule has 4 N–H and O–H groups in total. The van der Waals surface area contributed by atoms with Crippen molar-refractivity contribution in [3.05, 3.63) is 72.6 Å². The average molecular weight is 614 g/mol. The van der Waals surface area contributed by atoms with E-state index in [1.807, 2.05) is 20.8 Å². The molecule has 14 heteroatoms. The molecule has 0 unspecified atom stereocenters. The van der Waals surface area contributed by atoms with Crippen molar-refractivity contribution in [1.82, 2.24) is 19.9 Å². The predicted octanol–water partition coefficient (Wildman–Crippen LogP) is 3.17. The monoisotopic (exact) mass is 613 g/mol. The van der Waals surface area contributed by atoms with E-state index >= 15 is 0 Å². The lowest BCUT2D eigenvalue weighted by Crippen LogP contribution is -2.17. The van der Waals surface area contributed by atoms with Crippen LogP contribution in [-0.4, -0.2) is 77.2 Å². The molecular weight excluding hydrogens is 578 g/mol. The molecule has 0 fully saturated rings. The number of ether oxygens (including phenoxy) is 3. The average Bonchev–Trinajstić information content (AvgIpc) is 3.01. The van der Waals surface area contributed by atoms with Crippen LogP contribution < -0.4 is 18.9 Å². The van der Waals surface area contributed by atoms with Gasteiger partial charge in [-0.2, -0.15) is 4.98 Å². The van der Waals surface area contributed by atoms with E-state index < -0.39 is 10.0 Å². The van der Waals surface area contributed by atoms with Gasteiger partial charge < -0.3 is 29.5 Å². The Morgan fingerprint density at radius 2 is 1.44 bits per heavy atom. The maximum Gasteiger partial charge on any atom is 0.263 e. The Kier molecular flexibility index (Phi) is 11.7. The van der Waals surface area contributed by atoms with Crippen molar-refractivity contribution in [2.24, 2.45) is 0 Å². The number of benzene rings is 2. The molecule has 13 nitrogen and oxygen atoms in total. The fourth-order valence-corrected chi connectivity index (χ4v) is 4.48. The second-order valence-corrected chi connectivity index (χ2v) is 11.4. The fourth-order valence-electron chi connectivity index (χ4n) is 3.48. The molecule has 0 aliphatic rings. The summed E-state index contributed by atoms with van der Waals surface area (Å²) in [5.74, 6) is 0.271. The van der Waals surface area contributed by atoms with Gasteiger partial charge in [0.25, 0.3) is 15.9 Å². The lowest BCUT2D eigenvalue weighted by molar-refractivity contribution is 0.186. The van der Waals surface area contributed by atoms with E-state index in [0.29, 0.717) is 5.75 Å². The smallest absolute Gasteiger partial charge is 0.263 e. The van der Waals surface area contributed by atoms with Crippen molar-refractivity contribution < 1.29 is 37.9 Å². The van der Waals surface area contributed by atoms with E-state index in [1.165, 1.54) is 31.6 Å². The van der Waals surface area contributed by atoms with Gasteiger partial charge >= 0.3 is 0 Å². The molecular formula is C29H35N5O8S. The molecule has 0 aliphatic heterocycles. The molecule has 0 saturated heterocycles. The molecule has 2 heterocycles. The number of rotatable bonds is 11. The van der Waals surface area contributed by atoms with Crippen LogP contribution in [-0.2, 0) is 15.4 Å². The zero-order chi connectivity index (χ0) is 31.5. The topological polar surface area (TPSA) is 186 Å². The van der Waals surface area contributed by atoms with Crippen molar-refractivity contribution in [3.8, 4) is 34.8 Å². The van der Waals surface area contributed by atoms with Gasteiger partial charge in [-0.15, -0.1) is 0 Å². The van der Waals surface area contributed by atoms with Crippen molar-refractivity contribution in [3.63, 3.8) is 0 Å². The van der Waals surface area contributed by atoms with Gasteiger partial charge in [0.2, 0.25) is 11.6 Å². The fraction of sp³-hybridized carbons (Fsp3) is 0.310. The SMILES string of the molecule is COc1ccccc1Oc1c(NS(=O)(=O)c2ccc(C(C)(C)C)cc2)nc(-c2ncccn2)nc1OCCO.OCCO. The van der Waals surface area contributed by atoms with Crippen molar-refractivity contribution in [2.75, 3.05) is 38.3 Å². The summed E-state index contributed by atoms with van der Waals surface area (Å²) in [6.45, 7) is 5.40. The number of para-hydroxylation sites is 2. The Bertz CT molecular complexity index is 1560. The van der Waals surface area contributed by atoms with Crippen molar-refractivity contribution in [2.45, 2.75) is 31.1 Å². The van der Waals surface area contributed by atoms with Crippen LogP contribution in [0.4, 0.5) is 5.82 Å². The predicted molar refractivity (Wildman–Crippen MR) is 159 cm³/mol. The highest BCUT2D eigenvalue weighted by Gasteiger charge is 2.26. The van der Waals surface area contributed by atoms with Crippen LogP contribution in [0.1, 0.15) is 26.3 Å². The first kappa shape index (κ1) is 33.1. The van der Waals surface area contributed by atoms with Crippen LogP contribution in [0.3, 0.4) is 0 Å². The Balaban J connectivity index is 0.00000119. The Hall–Kier alpha value is -4.37. The minimum absolute atomic E-state index is 0.0169. The van der Waals surface area contributed by atoms with Crippen LogP contribution in [0, 0.1) is 0 Å². The molecule has 230 valence electrons. The first-order valence-corrected chi connectivity index (χ1v) is 14.6. The summed E-state index contributed by atoms with van der Waals surface area (Å²) in [5, 5.41) is 24.6. The summed E-state index contributed by atoms with van der Waals surface area (Å²) in [4.78, 5) is 17.1. The lowest BCUT2D eigenvalue weighted by atomic mass is 9.87. The maximum absolute atomic E-state index is 13.5. The van der Waals surface area contributed by atoms with Gasteiger partial charge in [-0.1, -0.05) is 45.0 Å². The first-order chi connectivity index (χ1) is 20.5. The van der Waals surface area contributed by atoms with E-state index in [4.69, 9.17) is 24.4 Å². The maximum atomic E-state index is 13.5. The third-order valence-electron chi connectivity index (χ3n) is 5.57. The normalized spacial score (nSPS) is 11.2. The lowest BCUT2D eigenvalue weighted by Gasteiger charge is -2.20. The van der Waals surface area contributed by atoms with Crippen LogP contribution >= 0.6 is 0 Å². The molecule has 4 aromatic rings. The van der Waals surface area contributed by atoms with E-state index in [9.17, 15) is 13.5 Å². The molecule has 2 aromatic heterocycles. The van der Waals surface area contributed by atoms with Gasteiger partial charge in [0.1, 0.15) is 6.61 Å². The number of aliphatic hydroxyl groups excluding tert-OH is 3. The number of nitrogens with one attached hydrogen (secondary N) is 1. The van der Waals surface area contributed by atoms with E-state index in [2.05, 4.69) is 24.7 Å². The third-order valence-corrected chi connectivity index (χ3v) is 6.93. The van der Waals surface area contributed by atoms with Crippen molar-refractivity contribution in [1.29, 1.82) is 0 Å². The molecule has 4 rings (SSSR count). The molecule has 0 spiro atoms. The molecule has 0 bridgehead atoms. The van der Waals surface area contributed by atoms with Gasteiger partial charge in [0.15, 0.2) is 23.1 Å². The minimum atomic E-state index is -4.14. The zero-order valence-electron chi connectivity index (χ0n) is 24.3. The number of aliphatic hydroxyl groups is 3. The summed E-state index contributed by atoms with van der Waals surface area (Å²) in [5.41, 5.74) is 0.827. The first-order valence-electron chi connectivity index (χ1n) is 13.1. The number of hydrogen-bond donors (Lipinski definition) is 4. The van der Waals surface area contributed by atoms with Gasteiger partial charge in [-0.25, -0.2) is 23.4 Å². The summed E-state index contributed by atoms with van der Waals surface area (Å²) in [6, 6.07) is 15.0. The number of nitrogens with zero attached hydrogens (tertiary/aromatic N) is 4. The highest BCUT2D eigenvalue weighted by molar-refractivity contribution is 7.92. The van der Waals surface area contributed by atoms with Crippen LogP contribution in [0.5, 0.6) is 23.1 Å². The van der Waals surface area contributed by atoms with Crippen LogP contribution in [0.2, 0.25) is 0 Å². The van der Waals surface area contributed by atoms with Gasteiger partial charge in [-0.3, -0.25) is 4.72 Å². The van der Waals surface area contributed by atoms with Crippen LogP contribution in [0.15, 0.2) is 71.9 Å². The largest absolute Gasteiger partial charge is 0.493 e. The molecule has 0 atom stereocenters.